The molecule has 1 N–H and O–H groups in total. The summed E-state index contributed by atoms with van der Waals surface area (Å²) < 4.78 is 13.6. The Morgan fingerprint density at radius 1 is 1.24 bits per heavy atom. The number of anilines is 1. The van der Waals surface area contributed by atoms with E-state index in [0.29, 0.717) is 11.5 Å². The van der Waals surface area contributed by atoms with Gasteiger partial charge in [0.25, 0.3) is 0 Å². The number of hydrogen-bond donors (Lipinski definition) is 1. The maximum absolute atomic E-state index is 13.6. The van der Waals surface area contributed by atoms with Crippen molar-refractivity contribution in [1.29, 1.82) is 5.41 Å². The highest BCUT2D eigenvalue weighted by atomic mass is 19.1. The second-order valence-corrected chi connectivity index (χ2v) is 4.23. The molecule has 1 aromatic carbocycles. The fourth-order valence-corrected chi connectivity index (χ4v) is 2.15. The van der Waals surface area contributed by atoms with Crippen LogP contribution >= 0.6 is 0 Å². The van der Waals surface area contributed by atoms with Crippen molar-refractivity contribution < 1.29 is 4.39 Å². The first-order valence-corrected chi connectivity index (χ1v) is 6.04. The zero-order valence-corrected chi connectivity index (χ0v) is 10.1. The molecule has 1 aliphatic heterocycles. The molecule has 0 radical (unpaired) electrons. The number of hydrogen-bond acceptors (Lipinski definition) is 2. The van der Waals surface area contributed by atoms with Gasteiger partial charge in [0.05, 0.1) is 11.5 Å². The second-order valence-electron chi connectivity index (χ2n) is 4.23. The van der Waals surface area contributed by atoms with Gasteiger partial charge in [0, 0.05) is 32.6 Å². The van der Waals surface area contributed by atoms with Gasteiger partial charge in [0.15, 0.2) is 0 Å². The van der Waals surface area contributed by atoms with Crippen LogP contribution in [-0.2, 0) is 0 Å². The summed E-state index contributed by atoms with van der Waals surface area (Å²) >= 11 is 0. The first kappa shape index (κ1) is 11.9. The van der Waals surface area contributed by atoms with E-state index in [1.54, 1.807) is 6.07 Å². The van der Waals surface area contributed by atoms with E-state index < -0.39 is 0 Å². The number of amidine groups is 1. The Balaban J connectivity index is 2.00. The number of benzene rings is 1. The summed E-state index contributed by atoms with van der Waals surface area (Å²) in [4.78, 5) is 4.12. The molecule has 0 unspecified atom stereocenters. The molecule has 92 valence electrons. The molecule has 1 fully saturated rings. The molecular weight excluding hydrogens is 217 g/mol. The van der Waals surface area contributed by atoms with Crippen molar-refractivity contribution >= 4 is 11.5 Å². The van der Waals surface area contributed by atoms with E-state index in [1.165, 1.54) is 6.07 Å². The third-order valence-corrected chi connectivity index (χ3v) is 3.19. The highest BCUT2D eigenvalue weighted by molar-refractivity contribution is 5.79. The Labute approximate surface area is 101 Å². The number of para-hydroxylation sites is 1. The fraction of sp³-hybridized carbons (Fsp3) is 0.462. The molecule has 17 heavy (non-hydrogen) atoms. The van der Waals surface area contributed by atoms with Gasteiger partial charge in [0.1, 0.15) is 5.82 Å². The van der Waals surface area contributed by atoms with E-state index in [4.69, 9.17) is 5.41 Å². The average molecular weight is 235 g/mol. The Hall–Kier alpha value is -1.58. The van der Waals surface area contributed by atoms with Gasteiger partial charge in [-0.15, -0.1) is 0 Å². The van der Waals surface area contributed by atoms with Gasteiger partial charge in [-0.05, 0) is 12.1 Å². The predicted molar refractivity (Wildman–Crippen MR) is 68.2 cm³/mol. The number of halogens is 1. The van der Waals surface area contributed by atoms with Crippen molar-refractivity contribution in [1.82, 2.24) is 4.90 Å². The van der Waals surface area contributed by atoms with Crippen LogP contribution in [0.25, 0.3) is 0 Å². The lowest BCUT2D eigenvalue weighted by molar-refractivity contribution is 0.376. The van der Waals surface area contributed by atoms with Crippen LogP contribution in [-0.4, -0.2) is 36.9 Å². The number of nitrogens with one attached hydrogen (secondary N) is 1. The molecule has 0 amide bonds. The maximum atomic E-state index is 13.6. The van der Waals surface area contributed by atoms with Crippen LogP contribution in [0.2, 0.25) is 0 Å². The normalized spacial score (nSPS) is 16.1. The van der Waals surface area contributed by atoms with Gasteiger partial charge in [-0.1, -0.05) is 19.1 Å². The Bertz CT molecular complexity index is 397. The van der Waals surface area contributed by atoms with Gasteiger partial charge in [0.2, 0.25) is 0 Å². The van der Waals surface area contributed by atoms with E-state index >= 15 is 0 Å². The maximum Gasteiger partial charge on any atom is 0.146 e. The van der Waals surface area contributed by atoms with Crippen molar-refractivity contribution in [2.75, 3.05) is 31.1 Å². The monoisotopic (exact) mass is 235 g/mol. The Kier molecular flexibility index (Phi) is 3.61. The van der Waals surface area contributed by atoms with Gasteiger partial charge < -0.3 is 9.80 Å². The van der Waals surface area contributed by atoms with Crippen molar-refractivity contribution in [3.8, 4) is 0 Å². The number of piperazine rings is 1. The summed E-state index contributed by atoms with van der Waals surface area (Å²) in [6.45, 7) is 5.17. The first-order valence-electron chi connectivity index (χ1n) is 6.04. The Morgan fingerprint density at radius 2 is 1.88 bits per heavy atom. The minimum Gasteiger partial charge on any atom is -0.366 e. The zero-order chi connectivity index (χ0) is 12.3. The summed E-state index contributed by atoms with van der Waals surface area (Å²) in [7, 11) is 0. The van der Waals surface area contributed by atoms with Crippen LogP contribution < -0.4 is 4.90 Å². The average Bonchev–Trinajstić information content (AvgIpc) is 2.39. The summed E-state index contributed by atoms with van der Waals surface area (Å²) in [6, 6.07) is 6.88. The van der Waals surface area contributed by atoms with Crippen molar-refractivity contribution in [2.24, 2.45) is 0 Å². The van der Waals surface area contributed by atoms with Crippen LogP contribution in [0.1, 0.15) is 13.3 Å². The highest BCUT2D eigenvalue weighted by Crippen LogP contribution is 2.20. The standard InChI is InChI=1S/C13H18FN3/c1-2-13(15)17-9-7-16(8-10-17)12-6-4-3-5-11(12)14/h3-6,15H,2,7-10H2,1H3. The molecule has 4 heteroatoms. The molecule has 1 aromatic rings. The summed E-state index contributed by atoms with van der Waals surface area (Å²) in [5.41, 5.74) is 0.676. The van der Waals surface area contributed by atoms with Crippen LogP contribution in [0.5, 0.6) is 0 Å². The van der Waals surface area contributed by atoms with Crippen LogP contribution in [0.3, 0.4) is 0 Å². The molecule has 2 rings (SSSR count). The quantitative estimate of drug-likeness (QED) is 0.630. The lowest BCUT2D eigenvalue weighted by Crippen LogP contribution is -2.48. The lowest BCUT2D eigenvalue weighted by Gasteiger charge is -2.37. The third-order valence-electron chi connectivity index (χ3n) is 3.19. The topological polar surface area (TPSA) is 30.3 Å². The molecule has 0 aromatic heterocycles. The molecular formula is C13H18FN3. The highest BCUT2D eigenvalue weighted by Gasteiger charge is 2.19. The first-order chi connectivity index (χ1) is 8.22. The van der Waals surface area contributed by atoms with E-state index in [9.17, 15) is 4.39 Å². The van der Waals surface area contributed by atoms with Crippen molar-refractivity contribution in [3.63, 3.8) is 0 Å². The minimum absolute atomic E-state index is 0.161. The molecule has 0 atom stereocenters. The summed E-state index contributed by atoms with van der Waals surface area (Å²) in [5, 5.41) is 7.78. The van der Waals surface area contributed by atoms with Gasteiger partial charge in [-0.2, -0.15) is 0 Å². The number of nitrogens with zero attached hydrogens (tertiary/aromatic N) is 2. The fourth-order valence-electron chi connectivity index (χ4n) is 2.15. The summed E-state index contributed by atoms with van der Waals surface area (Å²) in [5.74, 6) is 0.518. The van der Waals surface area contributed by atoms with Crippen LogP contribution in [0.4, 0.5) is 10.1 Å². The van der Waals surface area contributed by atoms with E-state index in [2.05, 4.69) is 9.80 Å². The third kappa shape index (κ3) is 2.57. The molecule has 1 heterocycles. The van der Waals surface area contributed by atoms with E-state index in [0.717, 1.165) is 32.6 Å². The zero-order valence-electron chi connectivity index (χ0n) is 10.1. The van der Waals surface area contributed by atoms with Gasteiger partial charge >= 0.3 is 0 Å². The van der Waals surface area contributed by atoms with Crippen LogP contribution in [0, 0.1) is 11.2 Å². The SMILES string of the molecule is CCC(=N)N1CCN(c2ccccc2F)CC1. The van der Waals surface area contributed by atoms with Crippen molar-refractivity contribution in [2.45, 2.75) is 13.3 Å². The van der Waals surface area contributed by atoms with Gasteiger partial charge in [-0.3, -0.25) is 5.41 Å². The smallest absolute Gasteiger partial charge is 0.146 e. The number of rotatable bonds is 2. The molecule has 0 bridgehead atoms. The molecule has 1 aliphatic rings. The molecule has 3 nitrogen and oxygen atoms in total. The van der Waals surface area contributed by atoms with E-state index in [1.807, 2.05) is 19.1 Å². The predicted octanol–water partition coefficient (Wildman–Crippen LogP) is 2.33. The molecule has 1 saturated heterocycles. The van der Waals surface area contributed by atoms with Crippen LogP contribution in [0.15, 0.2) is 24.3 Å². The molecule has 0 spiro atoms. The van der Waals surface area contributed by atoms with E-state index in [-0.39, 0.29) is 5.82 Å². The summed E-state index contributed by atoms with van der Waals surface area (Å²) in [6.07, 6.45) is 0.764. The largest absolute Gasteiger partial charge is 0.366 e. The molecule has 0 saturated carbocycles. The van der Waals surface area contributed by atoms with Gasteiger partial charge in [-0.25, -0.2) is 4.39 Å². The molecule has 0 aliphatic carbocycles. The Morgan fingerprint density at radius 3 is 2.47 bits per heavy atom. The lowest BCUT2D eigenvalue weighted by atomic mass is 10.2. The minimum atomic E-state index is -0.161. The second kappa shape index (κ2) is 5.17. The van der Waals surface area contributed by atoms with Crippen molar-refractivity contribution in [3.05, 3.63) is 30.1 Å².